The van der Waals surface area contributed by atoms with E-state index < -0.39 is 0 Å². The lowest BCUT2D eigenvalue weighted by molar-refractivity contribution is -0.385. The Morgan fingerprint density at radius 1 is 1.50 bits per heavy atom. The summed E-state index contributed by atoms with van der Waals surface area (Å²) >= 11 is 1.50. The van der Waals surface area contributed by atoms with Gasteiger partial charge in [0.05, 0.1) is 11.0 Å². The average molecular weight is 263 g/mol. The van der Waals surface area contributed by atoms with Crippen molar-refractivity contribution < 1.29 is 4.92 Å². The van der Waals surface area contributed by atoms with Crippen LogP contribution in [0.5, 0.6) is 0 Å². The van der Waals surface area contributed by atoms with Gasteiger partial charge in [0.25, 0.3) is 5.69 Å². The van der Waals surface area contributed by atoms with Crippen molar-refractivity contribution in [3.05, 3.63) is 51.0 Å². The largest absolute Gasteiger partial charge is 0.355 e. The van der Waals surface area contributed by atoms with Crippen molar-refractivity contribution in [1.29, 1.82) is 0 Å². The quantitative estimate of drug-likeness (QED) is 0.676. The van der Waals surface area contributed by atoms with Crippen molar-refractivity contribution >= 4 is 22.2 Å². The van der Waals surface area contributed by atoms with E-state index in [9.17, 15) is 10.1 Å². The molecule has 18 heavy (non-hydrogen) atoms. The lowest BCUT2D eigenvalue weighted by atomic mass is 10.1. The van der Waals surface area contributed by atoms with Gasteiger partial charge < -0.3 is 5.32 Å². The maximum absolute atomic E-state index is 10.9. The van der Waals surface area contributed by atoms with Gasteiger partial charge in [-0.1, -0.05) is 12.1 Å². The second-order valence-corrected chi connectivity index (χ2v) is 4.90. The van der Waals surface area contributed by atoms with E-state index in [1.165, 1.54) is 11.3 Å². The number of nitro groups is 1. The van der Waals surface area contributed by atoms with Crippen LogP contribution in [0.3, 0.4) is 0 Å². The molecule has 0 bridgehead atoms. The average Bonchev–Trinajstić information content (AvgIpc) is 2.81. The molecule has 0 saturated carbocycles. The maximum atomic E-state index is 10.9. The van der Waals surface area contributed by atoms with Crippen molar-refractivity contribution in [3.63, 3.8) is 0 Å². The number of hydrogen-bond donors (Lipinski definition) is 1. The highest BCUT2D eigenvalue weighted by molar-refractivity contribution is 7.13. The Morgan fingerprint density at radius 2 is 2.28 bits per heavy atom. The summed E-state index contributed by atoms with van der Waals surface area (Å²) in [6.45, 7) is 3.69. The summed E-state index contributed by atoms with van der Waals surface area (Å²) in [5.41, 5.74) is 1.70. The Balaban J connectivity index is 2.22. The number of nitrogens with one attached hydrogen (secondary N) is 1. The number of nitro benzene ring substituents is 1. The van der Waals surface area contributed by atoms with Crippen molar-refractivity contribution in [2.45, 2.75) is 19.9 Å². The predicted molar refractivity (Wildman–Crippen MR) is 72.0 cm³/mol. The second-order valence-electron chi connectivity index (χ2n) is 4.01. The van der Waals surface area contributed by atoms with Crippen LogP contribution < -0.4 is 5.32 Å². The third-order valence-electron chi connectivity index (χ3n) is 2.70. The predicted octanol–water partition coefficient (Wildman–Crippen LogP) is 3.53. The van der Waals surface area contributed by atoms with Gasteiger partial charge >= 0.3 is 0 Å². The zero-order valence-electron chi connectivity index (χ0n) is 10.1. The van der Waals surface area contributed by atoms with Crippen molar-refractivity contribution in [1.82, 2.24) is 4.98 Å². The molecule has 0 fully saturated rings. The first-order chi connectivity index (χ1) is 8.58. The van der Waals surface area contributed by atoms with Gasteiger partial charge in [0.2, 0.25) is 0 Å². The molecule has 1 aromatic carbocycles. The molecule has 0 aliphatic heterocycles. The van der Waals surface area contributed by atoms with Crippen molar-refractivity contribution in [3.8, 4) is 0 Å². The highest BCUT2D eigenvalue weighted by Crippen LogP contribution is 2.26. The van der Waals surface area contributed by atoms with Crippen LogP contribution in [0, 0.1) is 17.0 Å². The summed E-state index contributed by atoms with van der Waals surface area (Å²) in [7, 11) is 0. The molecule has 0 amide bonds. The van der Waals surface area contributed by atoms with E-state index in [0.29, 0.717) is 5.56 Å². The minimum absolute atomic E-state index is 0.0181. The number of anilines is 1. The molecular formula is C12H13N3O2S. The third-order valence-corrected chi connectivity index (χ3v) is 3.41. The Morgan fingerprint density at radius 3 is 2.89 bits per heavy atom. The molecule has 1 N–H and O–H groups in total. The van der Waals surface area contributed by atoms with Gasteiger partial charge in [-0.05, 0) is 19.4 Å². The lowest BCUT2D eigenvalue weighted by Gasteiger charge is -2.13. The smallest absolute Gasteiger partial charge is 0.272 e. The van der Waals surface area contributed by atoms with Gasteiger partial charge in [-0.3, -0.25) is 10.1 Å². The number of rotatable bonds is 4. The molecule has 0 radical (unpaired) electrons. The molecule has 94 valence electrons. The monoisotopic (exact) mass is 263 g/mol. The third kappa shape index (κ3) is 2.65. The molecule has 2 aromatic rings. The van der Waals surface area contributed by atoms with Crippen LogP contribution in [0.1, 0.15) is 24.1 Å². The van der Waals surface area contributed by atoms with Crippen LogP contribution in [-0.2, 0) is 0 Å². The van der Waals surface area contributed by atoms with Crippen LogP contribution in [0.2, 0.25) is 0 Å². The van der Waals surface area contributed by atoms with E-state index in [-0.39, 0.29) is 16.7 Å². The first-order valence-corrected chi connectivity index (χ1v) is 6.37. The summed E-state index contributed by atoms with van der Waals surface area (Å²) < 4.78 is 0. The van der Waals surface area contributed by atoms with Gasteiger partial charge in [0, 0.05) is 23.2 Å². The molecular weight excluding hydrogens is 250 g/mol. The standard InChI is InChI=1S/C12H13N3O2S/c1-8-3-4-10(7-11(8)15(16)17)9(2)14-12-13-5-6-18-12/h3-7,9H,1-2H3,(H,13,14). The van der Waals surface area contributed by atoms with Crippen molar-refractivity contribution in [2.24, 2.45) is 0 Å². The topological polar surface area (TPSA) is 68.1 Å². The molecule has 0 aliphatic rings. The Labute approximate surface area is 109 Å². The summed E-state index contributed by atoms with van der Waals surface area (Å²) in [5, 5.41) is 16.8. The lowest BCUT2D eigenvalue weighted by Crippen LogP contribution is -2.07. The van der Waals surface area contributed by atoms with E-state index in [4.69, 9.17) is 0 Å². The Bertz CT molecular complexity index is 554. The van der Waals surface area contributed by atoms with Crippen molar-refractivity contribution in [2.75, 3.05) is 5.32 Å². The summed E-state index contributed by atoms with van der Waals surface area (Å²) in [4.78, 5) is 14.7. The van der Waals surface area contributed by atoms with E-state index >= 15 is 0 Å². The SMILES string of the molecule is Cc1ccc(C(C)Nc2nccs2)cc1[N+](=O)[O-]. The van der Waals surface area contributed by atoms with Crippen LogP contribution in [0.25, 0.3) is 0 Å². The molecule has 1 unspecified atom stereocenters. The maximum Gasteiger partial charge on any atom is 0.272 e. The Hall–Kier alpha value is -1.95. The van der Waals surface area contributed by atoms with Crippen LogP contribution in [0.4, 0.5) is 10.8 Å². The minimum Gasteiger partial charge on any atom is -0.355 e. The Kier molecular flexibility index (Phi) is 3.57. The van der Waals surface area contributed by atoms with E-state index in [2.05, 4.69) is 10.3 Å². The minimum atomic E-state index is -0.352. The molecule has 1 aromatic heterocycles. The molecule has 2 rings (SSSR count). The molecule has 1 atom stereocenters. The molecule has 0 saturated heterocycles. The summed E-state index contributed by atoms with van der Waals surface area (Å²) in [5.74, 6) is 0. The second kappa shape index (κ2) is 5.14. The fraction of sp³-hybridized carbons (Fsp3) is 0.250. The van der Waals surface area contributed by atoms with Gasteiger partial charge in [0.1, 0.15) is 0 Å². The summed E-state index contributed by atoms with van der Waals surface area (Å²) in [6, 6.07) is 5.26. The number of aromatic nitrogens is 1. The van der Waals surface area contributed by atoms with Crippen LogP contribution >= 0.6 is 11.3 Å². The van der Waals surface area contributed by atoms with E-state index in [0.717, 1.165) is 10.7 Å². The zero-order chi connectivity index (χ0) is 13.1. The molecule has 1 heterocycles. The van der Waals surface area contributed by atoms with E-state index in [1.54, 1.807) is 25.3 Å². The first-order valence-electron chi connectivity index (χ1n) is 5.49. The molecule has 5 nitrogen and oxygen atoms in total. The first kappa shape index (κ1) is 12.5. The highest BCUT2D eigenvalue weighted by Gasteiger charge is 2.14. The van der Waals surface area contributed by atoms with Gasteiger partial charge in [-0.15, -0.1) is 11.3 Å². The van der Waals surface area contributed by atoms with E-state index in [1.807, 2.05) is 18.4 Å². The number of thiazole rings is 1. The fourth-order valence-electron chi connectivity index (χ4n) is 1.66. The van der Waals surface area contributed by atoms with Gasteiger partial charge in [-0.25, -0.2) is 4.98 Å². The highest BCUT2D eigenvalue weighted by atomic mass is 32.1. The fourth-order valence-corrected chi connectivity index (χ4v) is 2.27. The molecule has 0 aliphatic carbocycles. The number of aryl methyl sites for hydroxylation is 1. The number of benzene rings is 1. The van der Waals surface area contributed by atoms with Gasteiger partial charge in [-0.2, -0.15) is 0 Å². The number of hydrogen-bond acceptors (Lipinski definition) is 5. The normalized spacial score (nSPS) is 12.1. The summed E-state index contributed by atoms with van der Waals surface area (Å²) in [6.07, 6.45) is 1.72. The van der Waals surface area contributed by atoms with Gasteiger partial charge in [0.15, 0.2) is 5.13 Å². The number of nitrogens with zero attached hydrogens (tertiary/aromatic N) is 2. The van der Waals surface area contributed by atoms with Crippen LogP contribution in [0.15, 0.2) is 29.8 Å². The van der Waals surface area contributed by atoms with Crippen LogP contribution in [-0.4, -0.2) is 9.91 Å². The molecule has 6 heteroatoms. The zero-order valence-corrected chi connectivity index (χ0v) is 10.9. The molecule has 0 spiro atoms.